The fourth-order valence-electron chi connectivity index (χ4n) is 0.398. The van der Waals surface area contributed by atoms with Crippen molar-refractivity contribution in [2.45, 2.75) is 20.8 Å². The quantitative estimate of drug-likeness (QED) is 0.520. The fourth-order valence-corrected chi connectivity index (χ4v) is 0.616. The topological polar surface area (TPSA) is 0 Å². The minimum absolute atomic E-state index is 0.0764. The third-order valence-electron chi connectivity index (χ3n) is 0.836. The Morgan fingerprint density at radius 2 is 1.88 bits per heavy atom. The van der Waals surface area contributed by atoms with Gasteiger partial charge < -0.3 is 0 Å². The van der Waals surface area contributed by atoms with E-state index in [4.69, 9.17) is 11.6 Å². The lowest BCUT2D eigenvalue weighted by Gasteiger charge is -1.99. The van der Waals surface area contributed by atoms with Crippen LogP contribution in [0.5, 0.6) is 0 Å². The number of hydrogen-bond donors (Lipinski definition) is 0. The second-order valence-electron chi connectivity index (χ2n) is 2.04. The lowest BCUT2D eigenvalue weighted by atomic mass is 10.2. The molecule has 0 bridgehead atoms. The highest BCUT2D eigenvalue weighted by Gasteiger charge is 2.02. The molecule has 0 nitrogen and oxygen atoms in total. The number of allylic oxidation sites excluding steroid dienone is 2. The molecule has 0 rings (SSSR count). The van der Waals surface area contributed by atoms with E-state index in [1.807, 2.05) is 0 Å². The van der Waals surface area contributed by atoms with Gasteiger partial charge in [0.15, 0.2) is 0 Å². The summed E-state index contributed by atoms with van der Waals surface area (Å²) in [6, 6.07) is 0. The number of hydrogen-bond acceptors (Lipinski definition) is 0. The Bertz CT molecular complexity index is 101. The van der Waals surface area contributed by atoms with Gasteiger partial charge in [0.05, 0.1) is 0 Å². The van der Waals surface area contributed by atoms with Gasteiger partial charge in [0.2, 0.25) is 0 Å². The Kier molecular flexibility index (Phi) is 3.06. The van der Waals surface area contributed by atoms with Crippen molar-refractivity contribution in [3.63, 3.8) is 0 Å². The molecule has 0 unspecified atom stereocenters. The first-order chi connectivity index (χ1) is 3.55. The Morgan fingerprint density at radius 3 is 1.88 bits per heavy atom. The van der Waals surface area contributed by atoms with Gasteiger partial charge in [0.1, 0.15) is 5.83 Å². The molecule has 0 fully saturated rings. The molecule has 0 aromatic heterocycles. The summed E-state index contributed by atoms with van der Waals surface area (Å²) in [5.74, 6) is -0.292. The van der Waals surface area contributed by atoms with Crippen molar-refractivity contribution >= 4 is 11.6 Å². The van der Waals surface area contributed by atoms with Gasteiger partial charge in [-0.05, 0) is 6.92 Å². The summed E-state index contributed by atoms with van der Waals surface area (Å²) in [5.41, 5.74) is 0. The molecular weight excluding hydrogens is 127 g/mol. The molecule has 0 saturated carbocycles. The van der Waals surface area contributed by atoms with Gasteiger partial charge in [0, 0.05) is 11.0 Å². The zero-order valence-electron chi connectivity index (χ0n) is 5.33. The van der Waals surface area contributed by atoms with Crippen LogP contribution in [0.15, 0.2) is 10.9 Å². The van der Waals surface area contributed by atoms with Gasteiger partial charge >= 0.3 is 0 Å². The Morgan fingerprint density at radius 1 is 1.50 bits per heavy atom. The second-order valence-corrected chi connectivity index (χ2v) is 2.60. The minimum atomic E-state index is -0.216. The molecule has 0 saturated heterocycles. The van der Waals surface area contributed by atoms with Crippen LogP contribution < -0.4 is 0 Å². The second kappa shape index (κ2) is 3.08. The molecular formula is C6H10ClF. The molecule has 0 aliphatic heterocycles. The summed E-state index contributed by atoms with van der Waals surface area (Å²) in [6.45, 7) is 5.08. The monoisotopic (exact) mass is 136 g/mol. The van der Waals surface area contributed by atoms with Gasteiger partial charge in [-0.2, -0.15) is 0 Å². The maximum absolute atomic E-state index is 12.4. The maximum atomic E-state index is 12.4. The third kappa shape index (κ3) is 2.31. The van der Waals surface area contributed by atoms with E-state index < -0.39 is 0 Å². The Balaban J connectivity index is 4.00. The van der Waals surface area contributed by atoms with E-state index in [0.717, 1.165) is 0 Å². The van der Waals surface area contributed by atoms with Crippen molar-refractivity contribution in [1.82, 2.24) is 0 Å². The van der Waals surface area contributed by atoms with Crippen molar-refractivity contribution in [2.75, 3.05) is 0 Å². The van der Waals surface area contributed by atoms with Crippen molar-refractivity contribution in [3.05, 3.63) is 10.9 Å². The SMILES string of the molecule is C/C(Cl)=C(\F)C(C)C. The van der Waals surface area contributed by atoms with Gasteiger partial charge in [-0.25, -0.2) is 4.39 Å². The molecule has 0 aliphatic carbocycles. The van der Waals surface area contributed by atoms with Crippen molar-refractivity contribution < 1.29 is 4.39 Å². The molecule has 48 valence electrons. The molecule has 0 aromatic rings. The summed E-state index contributed by atoms with van der Waals surface area (Å²) in [4.78, 5) is 0. The highest BCUT2D eigenvalue weighted by Crippen LogP contribution is 2.17. The van der Waals surface area contributed by atoms with Crippen LogP contribution in [0.2, 0.25) is 0 Å². The lowest BCUT2D eigenvalue weighted by Crippen LogP contribution is -1.87. The van der Waals surface area contributed by atoms with Crippen molar-refractivity contribution in [1.29, 1.82) is 0 Å². The average molecular weight is 137 g/mol. The largest absolute Gasteiger partial charge is 0.210 e. The summed E-state index contributed by atoms with van der Waals surface area (Å²) < 4.78 is 12.4. The fraction of sp³-hybridized carbons (Fsp3) is 0.667. The minimum Gasteiger partial charge on any atom is -0.210 e. The van der Waals surface area contributed by atoms with Crippen LogP contribution in [0.25, 0.3) is 0 Å². The third-order valence-corrected chi connectivity index (χ3v) is 1.02. The summed E-state index contributed by atoms with van der Waals surface area (Å²) in [5, 5.41) is 0.264. The molecule has 0 spiro atoms. The molecule has 0 aliphatic rings. The van der Waals surface area contributed by atoms with Crippen LogP contribution in [-0.4, -0.2) is 0 Å². The highest BCUT2D eigenvalue weighted by atomic mass is 35.5. The Labute approximate surface area is 54.3 Å². The van der Waals surface area contributed by atoms with E-state index in [9.17, 15) is 4.39 Å². The summed E-state index contributed by atoms with van der Waals surface area (Å²) in [7, 11) is 0. The standard InChI is InChI=1S/C6H10ClF/c1-4(2)6(8)5(3)7/h4H,1-3H3/b6-5+. The van der Waals surface area contributed by atoms with Crippen LogP contribution in [-0.2, 0) is 0 Å². The summed E-state index contributed by atoms with van der Waals surface area (Å²) >= 11 is 5.33. The van der Waals surface area contributed by atoms with Crippen molar-refractivity contribution in [2.24, 2.45) is 5.92 Å². The summed E-state index contributed by atoms with van der Waals surface area (Å²) in [6.07, 6.45) is 0. The predicted octanol–water partition coefficient (Wildman–Crippen LogP) is 3.08. The molecule has 0 heterocycles. The van der Waals surface area contributed by atoms with E-state index in [2.05, 4.69) is 0 Å². The molecule has 0 aromatic carbocycles. The van der Waals surface area contributed by atoms with E-state index >= 15 is 0 Å². The van der Waals surface area contributed by atoms with Crippen molar-refractivity contribution in [3.8, 4) is 0 Å². The molecule has 0 atom stereocenters. The van der Waals surface area contributed by atoms with Crippen LogP contribution in [0.1, 0.15) is 20.8 Å². The Hall–Kier alpha value is -0.0400. The predicted molar refractivity (Wildman–Crippen MR) is 34.5 cm³/mol. The molecule has 0 N–H and O–H groups in total. The van der Waals surface area contributed by atoms with E-state index in [0.29, 0.717) is 0 Å². The molecule has 0 amide bonds. The van der Waals surface area contributed by atoms with E-state index in [-0.39, 0.29) is 16.8 Å². The van der Waals surface area contributed by atoms with Crippen LogP contribution >= 0.6 is 11.6 Å². The first-order valence-electron chi connectivity index (χ1n) is 2.57. The van der Waals surface area contributed by atoms with Gasteiger partial charge in [0.25, 0.3) is 0 Å². The molecule has 8 heavy (non-hydrogen) atoms. The van der Waals surface area contributed by atoms with Crippen LogP contribution in [0.3, 0.4) is 0 Å². The van der Waals surface area contributed by atoms with Gasteiger partial charge in [-0.15, -0.1) is 0 Å². The normalized spacial score (nSPS) is 14.2. The van der Waals surface area contributed by atoms with E-state index in [1.54, 1.807) is 20.8 Å². The zero-order chi connectivity index (χ0) is 6.73. The van der Waals surface area contributed by atoms with Crippen LogP contribution in [0.4, 0.5) is 4.39 Å². The lowest BCUT2D eigenvalue weighted by molar-refractivity contribution is 0.515. The van der Waals surface area contributed by atoms with Crippen LogP contribution in [0, 0.1) is 5.92 Å². The van der Waals surface area contributed by atoms with E-state index in [1.165, 1.54) is 0 Å². The number of halogens is 2. The van der Waals surface area contributed by atoms with Gasteiger partial charge in [-0.1, -0.05) is 25.4 Å². The molecule has 2 heteroatoms. The number of rotatable bonds is 1. The smallest absolute Gasteiger partial charge is 0.117 e. The zero-order valence-corrected chi connectivity index (χ0v) is 6.09. The highest BCUT2D eigenvalue weighted by molar-refractivity contribution is 6.29. The first-order valence-corrected chi connectivity index (χ1v) is 2.95. The maximum Gasteiger partial charge on any atom is 0.117 e. The first kappa shape index (κ1) is 7.96. The van der Waals surface area contributed by atoms with Gasteiger partial charge in [-0.3, -0.25) is 0 Å². The average Bonchev–Trinajstić information content (AvgIpc) is 1.64. The molecule has 0 radical (unpaired) electrons.